The molecule has 2 aromatic rings. The topological polar surface area (TPSA) is 67.9 Å². The zero-order valence-electron chi connectivity index (χ0n) is 17.4. The highest BCUT2D eigenvalue weighted by Gasteiger charge is 2.44. The summed E-state index contributed by atoms with van der Waals surface area (Å²) in [6.07, 6.45) is 0.216. The largest absolute Gasteiger partial charge is 0.493 e. The summed E-state index contributed by atoms with van der Waals surface area (Å²) in [7, 11) is 3.16. The predicted octanol–water partition coefficient (Wildman–Crippen LogP) is 3.24. The van der Waals surface area contributed by atoms with Crippen LogP contribution < -0.4 is 14.8 Å². The van der Waals surface area contributed by atoms with Crippen molar-refractivity contribution in [3.63, 3.8) is 0 Å². The number of aryl methyl sites for hydroxylation is 1. The number of hydrogen-bond donors (Lipinski definition) is 1. The van der Waals surface area contributed by atoms with Gasteiger partial charge in [-0.3, -0.25) is 9.59 Å². The lowest BCUT2D eigenvalue weighted by Crippen LogP contribution is -2.35. The van der Waals surface area contributed by atoms with Crippen LogP contribution in [0.25, 0.3) is 0 Å². The minimum atomic E-state index is -0.430. The van der Waals surface area contributed by atoms with Gasteiger partial charge in [0.1, 0.15) is 0 Å². The molecule has 1 fully saturated rings. The van der Waals surface area contributed by atoms with Gasteiger partial charge in [-0.1, -0.05) is 36.4 Å². The SMILES string of the molecule is CCN1C(=O)C[C@@H](C(=O)NCc2cccc(OC)c2OC)[C@@H]1c1ccccc1C. The van der Waals surface area contributed by atoms with Crippen LogP contribution in [0.4, 0.5) is 0 Å². The first-order valence-electron chi connectivity index (χ1n) is 9.84. The third-order valence-corrected chi connectivity index (χ3v) is 5.55. The number of benzene rings is 2. The number of likely N-dealkylation sites (tertiary alicyclic amines) is 1. The highest BCUT2D eigenvalue weighted by Crippen LogP contribution is 2.39. The van der Waals surface area contributed by atoms with Crippen LogP contribution in [-0.2, 0) is 16.1 Å². The van der Waals surface area contributed by atoms with Crippen molar-refractivity contribution in [2.75, 3.05) is 20.8 Å². The molecule has 0 unspecified atom stereocenters. The second-order valence-corrected chi connectivity index (χ2v) is 7.16. The van der Waals surface area contributed by atoms with Gasteiger partial charge in [0.15, 0.2) is 11.5 Å². The predicted molar refractivity (Wildman–Crippen MR) is 111 cm³/mol. The fourth-order valence-electron chi connectivity index (χ4n) is 4.11. The Morgan fingerprint density at radius 3 is 2.55 bits per heavy atom. The molecule has 29 heavy (non-hydrogen) atoms. The molecule has 1 aliphatic heterocycles. The summed E-state index contributed by atoms with van der Waals surface area (Å²) >= 11 is 0. The fourth-order valence-corrected chi connectivity index (χ4v) is 4.11. The van der Waals surface area contributed by atoms with Crippen LogP contribution in [-0.4, -0.2) is 37.5 Å². The summed E-state index contributed by atoms with van der Waals surface area (Å²) in [6, 6.07) is 13.3. The summed E-state index contributed by atoms with van der Waals surface area (Å²) in [5.41, 5.74) is 2.93. The van der Waals surface area contributed by atoms with E-state index in [1.54, 1.807) is 19.1 Å². The van der Waals surface area contributed by atoms with Crippen LogP contribution in [0, 0.1) is 12.8 Å². The van der Waals surface area contributed by atoms with Crippen molar-refractivity contribution in [2.24, 2.45) is 5.92 Å². The maximum absolute atomic E-state index is 13.1. The molecular formula is C23H28N2O4. The summed E-state index contributed by atoms with van der Waals surface area (Å²) in [5, 5.41) is 3.00. The van der Waals surface area contributed by atoms with Gasteiger partial charge >= 0.3 is 0 Å². The van der Waals surface area contributed by atoms with Crippen molar-refractivity contribution in [1.29, 1.82) is 0 Å². The molecule has 0 radical (unpaired) electrons. The van der Waals surface area contributed by atoms with E-state index in [1.807, 2.05) is 56.3 Å². The number of amides is 2. The average Bonchev–Trinajstić information content (AvgIpc) is 3.07. The molecule has 1 N–H and O–H groups in total. The number of methoxy groups -OCH3 is 2. The zero-order valence-corrected chi connectivity index (χ0v) is 17.4. The molecule has 6 heteroatoms. The van der Waals surface area contributed by atoms with Crippen LogP contribution in [0.2, 0.25) is 0 Å². The molecule has 0 aliphatic carbocycles. The van der Waals surface area contributed by atoms with Crippen molar-refractivity contribution >= 4 is 11.8 Å². The lowest BCUT2D eigenvalue weighted by atomic mass is 9.90. The molecule has 2 amide bonds. The van der Waals surface area contributed by atoms with E-state index >= 15 is 0 Å². The number of hydrogen-bond acceptors (Lipinski definition) is 4. The summed E-state index contributed by atoms with van der Waals surface area (Å²) < 4.78 is 10.8. The lowest BCUT2D eigenvalue weighted by Gasteiger charge is -2.28. The van der Waals surface area contributed by atoms with Crippen LogP contribution in [0.5, 0.6) is 11.5 Å². The van der Waals surface area contributed by atoms with Crippen LogP contribution in [0.3, 0.4) is 0 Å². The van der Waals surface area contributed by atoms with Gasteiger partial charge < -0.3 is 19.7 Å². The van der Waals surface area contributed by atoms with Gasteiger partial charge in [0, 0.05) is 25.1 Å². The molecule has 0 aromatic heterocycles. The highest BCUT2D eigenvalue weighted by atomic mass is 16.5. The van der Waals surface area contributed by atoms with Crippen LogP contribution >= 0.6 is 0 Å². The Labute approximate surface area is 171 Å². The zero-order chi connectivity index (χ0) is 21.0. The van der Waals surface area contributed by atoms with Crippen molar-refractivity contribution < 1.29 is 19.1 Å². The van der Waals surface area contributed by atoms with Gasteiger partial charge in [0.05, 0.1) is 26.2 Å². The van der Waals surface area contributed by atoms with E-state index in [1.165, 1.54) is 0 Å². The highest BCUT2D eigenvalue weighted by molar-refractivity contribution is 5.90. The third kappa shape index (κ3) is 4.06. The lowest BCUT2D eigenvalue weighted by molar-refractivity contribution is -0.129. The third-order valence-electron chi connectivity index (χ3n) is 5.55. The maximum atomic E-state index is 13.1. The Bertz CT molecular complexity index is 896. The second kappa shape index (κ2) is 8.99. The number of nitrogens with zero attached hydrogens (tertiary/aromatic N) is 1. The fraction of sp³-hybridized carbons (Fsp3) is 0.391. The minimum absolute atomic E-state index is 0.0138. The molecule has 0 saturated carbocycles. The number of rotatable bonds is 7. The van der Waals surface area contributed by atoms with E-state index in [4.69, 9.17) is 9.47 Å². The molecule has 154 valence electrons. The Morgan fingerprint density at radius 2 is 1.90 bits per heavy atom. The van der Waals surface area contributed by atoms with Crippen molar-refractivity contribution in [1.82, 2.24) is 10.2 Å². The van der Waals surface area contributed by atoms with Crippen LogP contribution in [0.15, 0.2) is 42.5 Å². The summed E-state index contributed by atoms with van der Waals surface area (Å²) in [5.74, 6) is 0.668. The number of nitrogens with one attached hydrogen (secondary N) is 1. The van der Waals surface area contributed by atoms with E-state index < -0.39 is 5.92 Å². The van der Waals surface area contributed by atoms with E-state index in [0.29, 0.717) is 24.6 Å². The first kappa shape index (κ1) is 20.7. The molecule has 2 aromatic carbocycles. The summed E-state index contributed by atoms with van der Waals surface area (Å²) in [6.45, 7) is 4.84. The number of ether oxygens (including phenoxy) is 2. The molecular weight excluding hydrogens is 368 g/mol. The average molecular weight is 396 g/mol. The molecule has 2 atom stereocenters. The minimum Gasteiger partial charge on any atom is -0.493 e. The normalized spacial score (nSPS) is 18.6. The van der Waals surface area contributed by atoms with Gasteiger partial charge in [-0.25, -0.2) is 0 Å². The van der Waals surface area contributed by atoms with E-state index in [-0.39, 0.29) is 24.3 Å². The Morgan fingerprint density at radius 1 is 1.14 bits per heavy atom. The second-order valence-electron chi connectivity index (χ2n) is 7.16. The van der Waals surface area contributed by atoms with Gasteiger partial charge in [-0.2, -0.15) is 0 Å². The molecule has 1 saturated heterocycles. The first-order chi connectivity index (χ1) is 14.0. The molecule has 0 bridgehead atoms. The van der Waals surface area contributed by atoms with Crippen molar-refractivity contribution in [2.45, 2.75) is 32.9 Å². The standard InChI is InChI=1S/C23H28N2O4/c1-5-25-20(26)13-18(21(25)17-11-7-6-9-15(17)2)23(27)24-14-16-10-8-12-19(28-3)22(16)29-4/h6-12,18,21H,5,13-14H2,1-4H3,(H,24,27)/t18-,21+/m1/s1. The van der Waals surface area contributed by atoms with Gasteiger partial charge in [0.2, 0.25) is 11.8 Å². The Hall–Kier alpha value is -3.02. The Kier molecular flexibility index (Phi) is 6.42. The monoisotopic (exact) mass is 396 g/mol. The van der Waals surface area contributed by atoms with Crippen molar-refractivity contribution in [3.8, 4) is 11.5 Å². The van der Waals surface area contributed by atoms with Gasteiger partial charge in [-0.15, -0.1) is 0 Å². The maximum Gasteiger partial charge on any atom is 0.226 e. The van der Waals surface area contributed by atoms with Crippen LogP contribution in [0.1, 0.15) is 36.1 Å². The smallest absolute Gasteiger partial charge is 0.226 e. The molecule has 1 heterocycles. The molecule has 0 spiro atoms. The van der Waals surface area contributed by atoms with Crippen molar-refractivity contribution in [3.05, 3.63) is 59.2 Å². The number of para-hydroxylation sites is 1. The van der Waals surface area contributed by atoms with Gasteiger partial charge in [0.25, 0.3) is 0 Å². The molecule has 3 rings (SSSR count). The quantitative estimate of drug-likeness (QED) is 0.780. The number of carbonyl (C=O) groups excluding carboxylic acids is 2. The van der Waals surface area contributed by atoms with E-state index in [9.17, 15) is 9.59 Å². The Balaban J connectivity index is 1.83. The number of carbonyl (C=O) groups is 2. The molecule has 1 aliphatic rings. The summed E-state index contributed by atoms with van der Waals surface area (Å²) in [4.78, 5) is 27.5. The van der Waals surface area contributed by atoms with E-state index in [0.717, 1.165) is 16.7 Å². The molecule has 6 nitrogen and oxygen atoms in total. The first-order valence-corrected chi connectivity index (χ1v) is 9.84. The van der Waals surface area contributed by atoms with Gasteiger partial charge in [-0.05, 0) is 31.0 Å². The van der Waals surface area contributed by atoms with E-state index in [2.05, 4.69) is 5.32 Å².